The smallest absolute Gasteiger partial charge is 0.251 e. The molecule has 1 aromatic carbocycles. The van der Waals surface area contributed by atoms with E-state index in [0.29, 0.717) is 25.2 Å². The van der Waals surface area contributed by atoms with Crippen LogP contribution in [0.15, 0.2) is 72.0 Å². The lowest BCUT2D eigenvalue weighted by Gasteiger charge is -2.18. The van der Waals surface area contributed by atoms with Crippen molar-refractivity contribution >= 4 is 15.9 Å². The second-order valence-electron chi connectivity index (χ2n) is 6.54. The van der Waals surface area contributed by atoms with E-state index in [4.69, 9.17) is 0 Å². The molecular weight excluding hydrogens is 400 g/mol. The highest BCUT2D eigenvalue weighted by Gasteiger charge is 2.21. The van der Waals surface area contributed by atoms with Crippen LogP contribution >= 0.6 is 0 Å². The molecule has 0 spiro atoms. The normalized spacial score (nSPS) is 11.4. The second kappa shape index (κ2) is 9.60. The zero-order valence-corrected chi connectivity index (χ0v) is 17.8. The third kappa shape index (κ3) is 4.72. The van der Waals surface area contributed by atoms with Crippen LogP contribution in [0, 0.1) is 0 Å². The standard InChI is InChI=1S/C22H24N4O3S/c1-3-26(4-2)30(28,29)20-9-7-18(8-10-20)22(27)25-16-19-6-5-13-24-21(19)17-11-14-23-15-12-17/h5-15H,3-4,16H2,1-2H3,(H,25,27). The van der Waals surface area contributed by atoms with Crippen molar-refractivity contribution in [2.24, 2.45) is 0 Å². The molecule has 7 nitrogen and oxygen atoms in total. The lowest BCUT2D eigenvalue weighted by molar-refractivity contribution is 0.0951. The highest BCUT2D eigenvalue weighted by Crippen LogP contribution is 2.20. The monoisotopic (exact) mass is 424 g/mol. The summed E-state index contributed by atoms with van der Waals surface area (Å²) in [7, 11) is -3.55. The number of hydrogen-bond donors (Lipinski definition) is 1. The molecule has 0 saturated heterocycles. The van der Waals surface area contributed by atoms with E-state index in [0.717, 1.165) is 16.8 Å². The van der Waals surface area contributed by atoms with Gasteiger partial charge in [-0.1, -0.05) is 19.9 Å². The summed E-state index contributed by atoms with van der Waals surface area (Å²) in [6.07, 6.45) is 5.09. The summed E-state index contributed by atoms with van der Waals surface area (Å²) in [6, 6.07) is 13.4. The number of hydrogen-bond acceptors (Lipinski definition) is 5. The van der Waals surface area contributed by atoms with Gasteiger partial charge in [-0.25, -0.2) is 8.42 Å². The minimum atomic E-state index is -3.55. The molecule has 0 bridgehead atoms. The zero-order chi connectivity index (χ0) is 21.6. The summed E-state index contributed by atoms with van der Waals surface area (Å²) in [4.78, 5) is 21.2. The molecule has 0 fully saturated rings. The van der Waals surface area contributed by atoms with Gasteiger partial charge in [0.1, 0.15) is 0 Å². The van der Waals surface area contributed by atoms with Crippen LogP contribution in [0.1, 0.15) is 29.8 Å². The Bertz CT molecular complexity index is 1100. The summed E-state index contributed by atoms with van der Waals surface area (Å²) < 4.78 is 26.5. The number of rotatable bonds is 8. The van der Waals surface area contributed by atoms with E-state index in [-0.39, 0.29) is 10.8 Å². The Morgan fingerprint density at radius 1 is 0.967 bits per heavy atom. The lowest BCUT2D eigenvalue weighted by atomic mass is 10.1. The van der Waals surface area contributed by atoms with E-state index in [9.17, 15) is 13.2 Å². The van der Waals surface area contributed by atoms with Crippen LogP contribution in [0.25, 0.3) is 11.3 Å². The first kappa shape index (κ1) is 21.6. The number of benzene rings is 1. The molecule has 0 atom stereocenters. The highest BCUT2D eigenvalue weighted by atomic mass is 32.2. The molecule has 2 heterocycles. The Hall–Kier alpha value is -3.10. The Labute approximate surface area is 176 Å². The molecule has 30 heavy (non-hydrogen) atoms. The van der Waals surface area contributed by atoms with Gasteiger partial charge in [0.2, 0.25) is 10.0 Å². The molecule has 1 N–H and O–H groups in total. The summed E-state index contributed by atoms with van der Waals surface area (Å²) in [5, 5.41) is 2.87. The molecule has 0 unspecified atom stereocenters. The summed E-state index contributed by atoms with van der Waals surface area (Å²) in [5.74, 6) is -0.286. The van der Waals surface area contributed by atoms with E-state index in [2.05, 4.69) is 15.3 Å². The number of nitrogens with zero attached hydrogens (tertiary/aromatic N) is 3. The van der Waals surface area contributed by atoms with Gasteiger partial charge >= 0.3 is 0 Å². The summed E-state index contributed by atoms with van der Waals surface area (Å²) in [5.41, 5.74) is 2.96. The van der Waals surface area contributed by atoms with E-state index >= 15 is 0 Å². The van der Waals surface area contributed by atoms with Gasteiger partial charge in [0, 0.05) is 49.4 Å². The van der Waals surface area contributed by atoms with Gasteiger partial charge < -0.3 is 5.32 Å². The molecule has 0 aliphatic carbocycles. The SMILES string of the molecule is CCN(CC)S(=O)(=O)c1ccc(C(=O)NCc2cccnc2-c2ccncc2)cc1. The van der Waals surface area contributed by atoms with Crippen LogP contribution < -0.4 is 5.32 Å². The number of carbonyl (C=O) groups is 1. The maximum absolute atomic E-state index is 12.6. The van der Waals surface area contributed by atoms with E-state index < -0.39 is 10.0 Å². The van der Waals surface area contributed by atoms with E-state index in [1.54, 1.807) is 32.4 Å². The first-order valence-electron chi connectivity index (χ1n) is 9.70. The first-order chi connectivity index (χ1) is 14.5. The van der Waals surface area contributed by atoms with Gasteiger partial charge in [0.05, 0.1) is 10.6 Å². The molecule has 0 aliphatic heterocycles. The molecule has 156 valence electrons. The number of carbonyl (C=O) groups excluding carboxylic acids is 1. The quantitative estimate of drug-likeness (QED) is 0.600. The third-order valence-electron chi connectivity index (χ3n) is 4.74. The van der Waals surface area contributed by atoms with Crippen molar-refractivity contribution in [2.75, 3.05) is 13.1 Å². The number of pyridine rings is 2. The molecule has 0 aliphatic rings. The molecule has 1 amide bonds. The number of sulfonamides is 1. The van der Waals surface area contributed by atoms with Crippen molar-refractivity contribution in [1.82, 2.24) is 19.6 Å². The average molecular weight is 425 g/mol. The van der Waals surface area contributed by atoms with Crippen LogP contribution in [0.5, 0.6) is 0 Å². The zero-order valence-electron chi connectivity index (χ0n) is 16.9. The van der Waals surface area contributed by atoms with Crippen LogP contribution in [0.4, 0.5) is 0 Å². The van der Waals surface area contributed by atoms with Crippen molar-refractivity contribution < 1.29 is 13.2 Å². The van der Waals surface area contributed by atoms with Crippen molar-refractivity contribution in [1.29, 1.82) is 0 Å². The Kier molecular flexibility index (Phi) is 6.91. The molecule has 3 aromatic rings. The van der Waals surface area contributed by atoms with Gasteiger partial charge in [-0.2, -0.15) is 4.31 Å². The third-order valence-corrected chi connectivity index (χ3v) is 6.81. The molecule has 0 radical (unpaired) electrons. The highest BCUT2D eigenvalue weighted by molar-refractivity contribution is 7.89. The van der Waals surface area contributed by atoms with Crippen LogP contribution in [-0.4, -0.2) is 41.7 Å². The van der Waals surface area contributed by atoms with Gasteiger partial charge in [-0.15, -0.1) is 0 Å². The lowest BCUT2D eigenvalue weighted by Crippen LogP contribution is -2.30. The fraction of sp³-hybridized carbons (Fsp3) is 0.227. The second-order valence-corrected chi connectivity index (χ2v) is 8.48. The Morgan fingerprint density at radius 3 is 2.27 bits per heavy atom. The van der Waals surface area contributed by atoms with Crippen molar-refractivity contribution in [3.63, 3.8) is 0 Å². The topological polar surface area (TPSA) is 92.3 Å². The van der Waals surface area contributed by atoms with Gasteiger partial charge in [-0.3, -0.25) is 14.8 Å². The molecule has 0 saturated carbocycles. The summed E-state index contributed by atoms with van der Waals surface area (Å²) >= 11 is 0. The van der Waals surface area contributed by atoms with Crippen molar-refractivity contribution in [3.05, 3.63) is 78.2 Å². The van der Waals surface area contributed by atoms with E-state index in [1.807, 2.05) is 24.3 Å². The van der Waals surface area contributed by atoms with Gasteiger partial charge in [-0.05, 0) is 48.0 Å². The van der Waals surface area contributed by atoms with Gasteiger partial charge in [0.15, 0.2) is 0 Å². The van der Waals surface area contributed by atoms with Crippen LogP contribution in [-0.2, 0) is 16.6 Å². The van der Waals surface area contributed by atoms with E-state index in [1.165, 1.54) is 28.6 Å². The molecular formula is C22H24N4O3S. The largest absolute Gasteiger partial charge is 0.348 e. The molecule has 8 heteroatoms. The van der Waals surface area contributed by atoms with Crippen LogP contribution in [0.2, 0.25) is 0 Å². The summed E-state index contributed by atoms with van der Waals surface area (Å²) in [6.45, 7) is 4.67. The fourth-order valence-electron chi connectivity index (χ4n) is 3.12. The van der Waals surface area contributed by atoms with Crippen molar-refractivity contribution in [3.8, 4) is 11.3 Å². The number of aromatic nitrogens is 2. The average Bonchev–Trinajstić information content (AvgIpc) is 2.79. The first-order valence-corrected chi connectivity index (χ1v) is 11.1. The van der Waals surface area contributed by atoms with Crippen LogP contribution in [0.3, 0.4) is 0 Å². The predicted octanol–water partition coefficient (Wildman–Crippen LogP) is 3.10. The Balaban J connectivity index is 1.73. The maximum Gasteiger partial charge on any atom is 0.251 e. The fourth-order valence-corrected chi connectivity index (χ4v) is 4.58. The minimum Gasteiger partial charge on any atom is -0.348 e. The maximum atomic E-state index is 12.6. The molecule has 2 aromatic heterocycles. The number of amides is 1. The Morgan fingerprint density at radius 2 is 1.63 bits per heavy atom. The number of nitrogens with one attached hydrogen (secondary N) is 1. The van der Waals surface area contributed by atoms with Crippen molar-refractivity contribution in [2.45, 2.75) is 25.3 Å². The predicted molar refractivity (Wildman–Crippen MR) is 115 cm³/mol. The minimum absolute atomic E-state index is 0.176. The van der Waals surface area contributed by atoms with Gasteiger partial charge in [0.25, 0.3) is 5.91 Å². The molecule has 3 rings (SSSR count).